The molecule has 0 saturated heterocycles. The van der Waals surface area contributed by atoms with Gasteiger partial charge in [0.15, 0.2) is 0 Å². The molecule has 3 rings (SSSR count). The molecule has 1 amide bonds. The second-order valence-corrected chi connectivity index (χ2v) is 6.02. The Labute approximate surface area is 147 Å². The first-order chi connectivity index (χ1) is 12.1. The number of benzene rings is 2. The maximum atomic E-state index is 11.9. The quantitative estimate of drug-likeness (QED) is 0.748. The number of carbonyl (C=O) groups excluding carboxylic acids is 1. The summed E-state index contributed by atoms with van der Waals surface area (Å²) >= 11 is 0. The Morgan fingerprint density at radius 2 is 2.00 bits per heavy atom. The SMILES string of the molecule is CCOCC(=O)N[C@H](C)c1cnn(-c2cccc3ccccc23)c1C. The van der Waals surface area contributed by atoms with E-state index in [0.29, 0.717) is 6.61 Å². The summed E-state index contributed by atoms with van der Waals surface area (Å²) in [6.07, 6.45) is 1.82. The molecule has 2 aromatic carbocycles. The molecule has 0 radical (unpaired) electrons. The molecular formula is C20H23N3O2. The molecule has 0 aliphatic rings. The largest absolute Gasteiger partial charge is 0.372 e. The number of hydrogen-bond donors (Lipinski definition) is 1. The number of nitrogens with one attached hydrogen (secondary N) is 1. The van der Waals surface area contributed by atoms with Crippen LogP contribution in [0.1, 0.15) is 31.1 Å². The van der Waals surface area contributed by atoms with Crippen LogP contribution in [0.25, 0.3) is 16.5 Å². The van der Waals surface area contributed by atoms with Crippen LogP contribution in [0.3, 0.4) is 0 Å². The molecule has 130 valence electrons. The van der Waals surface area contributed by atoms with Gasteiger partial charge in [-0.3, -0.25) is 4.79 Å². The second kappa shape index (κ2) is 7.49. The molecule has 1 heterocycles. The minimum absolute atomic E-state index is 0.0807. The van der Waals surface area contributed by atoms with Gasteiger partial charge in [0, 0.05) is 23.3 Å². The molecule has 0 bridgehead atoms. The van der Waals surface area contributed by atoms with E-state index in [4.69, 9.17) is 4.74 Å². The van der Waals surface area contributed by atoms with Gasteiger partial charge in [0.2, 0.25) is 5.91 Å². The van der Waals surface area contributed by atoms with Crippen LogP contribution in [0.15, 0.2) is 48.7 Å². The molecule has 0 aliphatic carbocycles. The van der Waals surface area contributed by atoms with Gasteiger partial charge in [0.25, 0.3) is 0 Å². The molecule has 0 aliphatic heterocycles. The number of hydrogen-bond acceptors (Lipinski definition) is 3. The zero-order chi connectivity index (χ0) is 17.8. The number of rotatable bonds is 6. The molecular weight excluding hydrogens is 314 g/mol. The van der Waals surface area contributed by atoms with Gasteiger partial charge in [-0.15, -0.1) is 0 Å². The topological polar surface area (TPSA) is 56.1 Å². The van der Waals surface area contributed by atoms with Crippen molar-refractivity contribution >= 4 is 16.7 Å². The Morgan fingerprint density at radius 1 is 1.24 bits per heavy atom. The predicted molar refractivity (Wildman–Crippen MR) is 98.9 cm³/mol. The second-order valence-electron chi connectivity index (χ2n) is 6.02. The van der Waals surface area contributed by atoms with Crippen LogP contribution < -0.4 is 5.32 Å². The number of aromatic nitrogens is 2. The van der Waals surface area contributed by atoms with Crippen molar-refractivity contribution in [3.05, 3.63) is 59.9 Å². The van der Waals surface area contributed by atoms with Crippen LogP contribution in [0.4, 0.5) is 0 Å². The molecule has 5 heteroatoms. The average molecular weight is 337 g/mol. The zero-order valence-corrected chi connectivity index (χ0v) is 14.8. The molecule has 1 aromatic heterocycles. The van der Waals surface area contributed by atoms with Gasteiger partial charge in [-0.05, 0) is 32.2 Å². The minimum atomic E-state index is -0.128. The Hall–Kier alpha value is -2.66. The van der Waals surface area contributed by atoms with Gasteiger partial charge >= 0.3 is 0 Å². The summed E-state index contributed by atoms with van der Waals surface area (Å²) < 4.78 is 7.09. The third-order valence-electron chi connectivity index (χ3n) is 4.32. The minimum Gasteiger partial charge on any atom is -0.372 e. The maximum absolute atomic E-state index is 11.9. The highest BCUT2D eigenvalue weighted by Crippen LogP contribution is 2.25. The fraction of sp³-hybridized carbons (Fsp3) is 0.300. The van der Waals surface area contributed by atoms with E-state index < -0.39 is 0 Å². The van der Waals surface area contributed by atoms with Gasteiger partial charge in [0.05, 0.1) is 17.9 Å². The Kier molecular flexibility index (Phi) is 5.14. The van der Waals surface area contributed by atoms with Crippen molar-refractivity contribution in [2.75, 3.05) is 13.2 Å². The molecule has 1 atom stereocenters. The summed E-state index contributed by atoms with van der Waals surface area (Å²) in [7, 11) is 0. The van der Waals surface area contributed by atoms with Crippen LogP contribution in [0.5, 0.6) is 0 Å². The monoisotopic (exact) mass is 337 g/mol. The van der Waals surface area contributed by atoms with Crippen LogP contribution >= 0.6 is 0 Å². The number of amides is 1. The lowest BCUT2D eigenvalue weighted by Crippen LogP contribution is -2.30. The Bertz CT molecular complexity index is 880. The number of nitrogens with zero attached hydrogens (tertiary/aromatic N) is 2. The maximum Gasteiger partial charge on any atom is 0.246 e. The van der Waals surface area contributed by atoms with Crippen LogP contribution in [0.2, 0.25) is 0 Å². The lowest BCUT2D eigenvalue weighted by Gasteiger charge is -2.14. The zero-order valence-electron chi connectivity index (χ0n) is 14.8. The van der Waals surface area contributed by atoms with E-state index in [2.05, 4.69) is 34.7 Å². The summed E-state index contributed by atoms with van der Waals surface area (Å²) in [5.74, 6) is -0.119. The molecule has 0 unspecified atom stereocenters. The summed E-state index contributed by atoms with van der Waals surface area (Å²) in [6.45, 7) is 6.46. The molecule has 0 spiro atoms. The summed E-state index contributed by atoms with van der Waals surface area (Å²) in [6, 6.07) is 14.3. The van der Waals surface area contributed by atoms with Crippen molar-refractivity contribution in [1.29, 1.82) is 0 Å². The Morgan fingerprint density at radius 3 is 2.80 bits per heavy atom. The van der Waals surface area contributed by atoms with Gasteiger partial charge in [0.1, 0.15) is 6.61 Å². The van der Waals surface area contributed by atoms with Crippen molar-refractivity contribution in [1.82, 2.24) is 15.1 Å². The van der Waals surface area contributed by atoms with E-state index in [9.17, 15) is 4.79 Å². The molecule has 3 aromatic rings. The third-order valence-corrected chi connectivity index (χ3v) is 4.32. The van der Waals surface area contributed by atoms with Gasteiger partial charge < -0.3 is 10.1 Å². The lowest BCUT2D eigenvalue weighted by molar-refractivity contribution is -0.126. The van der Waals surface area contributed by atoms with E-state index in [0.717, 1.165) is 22.3 Å². The number of fused-ring (bicyclic) bond motifs is 1. The van der Waals surface area contributed by atoms with Gasteiger partial charge in [-0.1, -0.05) is 36.4 Å². The van der Waals surface area contributed by atoms with Crippen molar-refractivity contribution in [2.24, 2.45) is 0 Å². The van der Waals surface area contributed by atoms with Crippen molar-refractivity contribution in [3.8, 4) is 5.69 Å². The highest BCUT2D eigenvalue weighted by Gasteiger charge is 2.17. The molecule has 0 saturated carbocycles. The third kappa shape index (κ3) is 3.56. The van der Waals surface area contributed by atoms with Gasteiger partial charge in [-0.2, -0.15) is 5.10 Å². The highest BCUT2D eigenvalue weighted by atomic mass is 16.5. The van der Waals surface area contributed by atoms with Crippen molar-refractivity contribution < 1.29 is 9.53 Å². The van der Waals surface area contributed by atoms with Crippen LogP contribution in [-0.4, -0.2) is 28.9 Å². The first-order valence-corrected chi connectivity index (χ1v) is 8.51. The van der Waals surface area contributed by atoms with Crippen molar-refractivity contribution in [3.63, 3.8) is 0 Å². The first kappa shape index (κ1) is 17.2. The molecule has 1 N–H and O–H groups in total. The van der Waals surface area contributed by atoms with E-state index in [-0.39, 0.29) is 18.6 Å². The molecule has 0 fully saturated rings. The fourth-order valence-electron chi connectivity index (χ4n) is 3.04. The van der Waals surface area contributed by atoms with Crippen LogP contribution in [-0.2, 0) is 9.53 Å². The van der Waals surface area contributed by atoms with E-state index in [1.807, 2.05) is 49.8 Å². The standard InChI is InChI=1S/C20H23N3O2/c1-4-25-13-20(24)22-14(2)18-12-21-23(15(18)3)19-11-7-9-16-8-5-6-10-17(16)19/h5-12,14H,4,13H2,1-3H3,(H,22,24)/t14-/m1/s1. The predicted octanol–water partition coefficient (Wildman–Crippen LogP) is 3.55. The number of carbonyl (C=O) groups is 1. The van der Waals surface area contributed by atoms with E-state index in [1.54, 1.807) is 0 Å². The normalized spacial score (nSPS) is 12.3. The first-order valence-electron chi connectivity index (χ1n) is 8.51. The fourth-order valence-corrected chi connectivity index (χ4v) is 3.04. The van der Waals surface area contributed by atoms with E-state index in [1.165, 1.54) is 5.39 Å². The van der Waals surface area contributed by atoms with E-state index >= 15 is 0 Å². The number of ether oxygens (including phenoxy) is 1. The van der Waals surface area contributed by atoms with Crippen molar-refractivity contribution in [2.45, 2.75) is 26.8 Å². The molecule has 25 heavy (non-hydrogen) atoms. The van der Waals surface area contributed by atoms with Crippen LogP contribution in [0, 0.1) is 6.92 Å². The summed E-state index contributed by atoms with van der Waals surface area (Å²) in [5.41, 5.74) is 3.05. The lowest BCUT2D eigenvalue weighted by atomic mass is 10.1. The Balaban J connectivity index is 1.89. The summed E-state index contributed by atoms with van der Waals surface area (Å²) in [5, 5.41) is 9.84. The molecule has 5 nitrogen and oxygen atoms in total. The summed E-state index contributed by atoms with van der Waals surface area (Å²) in [4.78, 5) is 11.9. The highest BCUT2D eigenvalue weighted by molar-refractivity contribution is 5.90. The average Bonchev–Trinajstić information content (AvgIpc) is 3.01. The van der Waals surface area contributed by atoms with Gasteiger partial charge in [-0.25, -0.2) is 4.68 Å². The smallest absolute Gasteiger partial charge is 0.246 e.